The maximum absolute atomic E-state index is 13.0. The molecule has 2 aromatic carbocycles. The summed E-state index contributed by atoms with van der Waals surface area (Å²) in [4.78, 5) is 14.9. The molecule has 1 N–H and O–H groups in total. The molecule has 0 spiro atoms. The molecule has 2 aromatic rings. The van der Waals surface area contributed by atoms with Gasteiger partial charge in [-0.15, -0.1) is 12.4 Å². The van der Waals surface area contributed by atoms with Crippen LogP contribution in [0.4, 0.5) is 0 Å². The number of carbonyl (C=O) groups excluding carboxylic acids is 1. The third-order valence-corrected chi connectivity index (χ3v) is 5.35. The van der Waals surface area contributed by atoms with Gasteiger partial charge in [0, 0.05) is 31.2 Å². The van der Waals surface area contributed by atoms with Crippen molar-refractivity contribution in [2.75, 3.05) is 26.2 Å². The maximum atomic E-state index is 13.0. The average Bonchev–Trinajstić information content (AvgIpc) is 3.23. The highest BCUT2D eigenvalue weighted by molar-refractivity contribution is 6.30. The van der Waals surface area contributed by atoms with Crippen LogP contribution in [0.3, 0.4) is 0 Å². The Hall–Kier alpha value is -1.75. The number of hydrogen-bond acceptors (Lipinski definition) is 3. The van der Waals surface area contributed by atoms with Gasteiger partial charge in [-0.25, -0.2) is 0 Å². The number of ether oxygens (including phenoxy) is 1. The highest BCUT2D eigenvalue weighted by atomic mass is 35.5. The molecule has 4 nitrogen and oxygen atoms in total. The molecular weight excluding hydrogens is 371 g/mol. The summed E-state index contributed by atoms with van der Waals surface area (Å²) >= 11 is 5.91. The first-order valence-corrected chi connectivity index (χ1v) is 9.05. The van der Waals surface area contributed by atoms with Crippen LogP contribution < -0.4 is 10.1 Å². The number of benzene rings is 2. The smallest absolute Gasteiger partial charge is 0.257 e. The molecule has 2 fully saturated rings. The van der Waals surface area contributed by atoms with Crippen molar-refractivity contribution in [1.29, 1.82) is 0 Å². The quantitative estimate of drug-likeness (QED) is 0.863. The standard InChI is InChI=1S/C20H21ClN2O2.ClH/c21-17-7-5-14(6-8-17)13-25-19-4-2-1-3-18(19)20(24)23-11-15-9-22-10-16(15)12-23;/h1-8,15-16,22H,9-13H2;1H/t15-,16+;. The Morgan fingerprint density at radius 1 is 1.08 bits per heavy atom. The molecule has 1 amide bonds. The highest BCUT2D eigenvalue weighted by Gasteiger charge is 2.38. The van der Waals surface area contributed by atoms with Gasteiger partial charge in [0.2, 0.25) is 0 Å². The summed E-state index contributed by atoms with van der Waals surface area (Å²) in [5.41, 5.74) is 1.66. The van der Waals surface area contributed by atoms with Crippen LogP contribution in [-0.4, -0.2) is 37.0 Å². The number of likely N-dealkylation sites (tertiary alicyclic amines) is 1. The molecule has 2 aliphatic heterocycles. The summed E-state index contributed by atoms with van der Waals surface area (Å²) in [5, 5.41) is 4.11. The zero-order valence-electron chi connectivity index (χ0n) is 14.4. The molecule has 2 saturated heterocycles. The fourth-order valence-electron chi connectivity index (χ4n) is 3.70. The van der Waals surface area contributed by atoms with Gasteiger partial charge in [-0.3, -0.25) is 4.79 Å². The molecule has 2 heterocycles. The van der Waals surface area contributed by atoms with Gasteiger partial charge in [0.25, 0.3) is 5.91 Å². The molecule has 0 bridgehead atoms. The minimum Gasteiger partial charge on any atom is -0.488 e. The molecule has 0 aromatic heterocycles. The number of halogens is 2. The number of rotatable bonds is 4. The molecule has 138 valence electrons. The van der Waals surface area contributed by atoms with E-state index in [-0.39, 0.29) is 18.3 Å². The third-order valence-electron chi connectivity index (χ3n) is 5.10. The van der Waals surface area contributed by atoms with E-state index in [1.165, 1.54) is 0 Å². The van der Waals surface area contributed by atoms with Gasteiger partial charge in [0.1, 0.15) is 12.4 Å². The van der Waals surface area contributed by atoms with Crippen LogP contribution in [0.5, 0.6) is 5.75 Å². The lowest BCUT2D eigenvalue weighted by atomic mass is 10.0. The van der Waals surface area contributed by atoms with Crippen molar-refractivity contribution in [3.63, 3.8) is 0 Å². The molecule has 4 rings (SSSR count). The molecule has 0 aliphatic carbocycles. The first-order chi connectivity index (χ1) is 12.2. The van der Waals surface area contributed by atoms with Crippen LogP contribution in [0, 0.1) is 11.8 Å². The molecular formula is C20H22Cl2N2O2. The van der Waals surface area contributed by atoms with Gasteiger partial charge >= 0.3 is 0 Å². The van der Waals surface area contributed by atoms with E-state index in [2.05, 4.69) is 5.32 Å². The van der Waals surface area contributed by atoms with Crippen molar-refractivity contribution >= 4 is 29.9 Å². The van der Waals surface area contributed by atoms with E-state index >= 15 is 0 Å². The largest absolute Gasteiger partial charge is 0.488 e. The minimum absolute atomic E-state index is 0. The van der Waals surface area contributed by atoms with Crippen LogP contribution in [-0.2, 0) is 6.61 Å². The van der Waals surface area contributed by atoms with Crippen molar-refractivity contribution < 1.29 is 9.53 Å². The minimum atomic E-state index is 0. The average molecular weight is 393 g/mol. The van der Waals surface area contributed by atoms with Gasteiger partial charge in [0.05, 0.1) is 5.56 Å². The van der Waals surface area contributed by atoms with Gasteiger partial charge < -0.3 is 15.0 Å². The lowest BCUT2D eigenvalue weighted by molar-refractivity contribution is 0.0777. The van der Waals surface area contributed by atoms with Crippen molar-refractivity contribution in [2.45, 2.75) is 6.61 Å². The van der Waals surface area contributed by atoms with Crippen LogP contribution in [0.2, 0.25) is 5.02 Å². The second kappa shape index (κ2) is 8.30. The molecule has 0 radical (unpaired) electrons. The van der Waals surface area contributed by atoms with E-state index in [0.717, 1.165) is 31.7 Å². The van der Waals surface area contributed by atoms with E-state index in [4.69, 9.17) is 16.3 Å². The summed E-state index contributed by atoms with van der Waals surface area (Å²) < 4.78 is 5.93. The Morgan fingerprint density at radius 2 is 1.73 bits per heavy atom. The van der Waals surface area contributed by atoms with Crippen LogP contribution in [0.25, 0.3) is 0 Å². The first-order valence-electron chi connectivity index (χ1n) is 8.67. The summed E-state index contributed by atoms with van der Waals surface area (Å²) in [7, 11) is 0. The van der Waals surface area contributed by atoms with E-state index in [1.807, 2.05) is 53.4 Å². The van der Waals surface area contributed by atoms with Crippen LogP contribution in [0.1, 0.15) is 15.9 Å². The lowest BCUT2D eigenvalue weighted by Crippen LogP contribution is -2.32. The number of hydrogen-bond donors (Lipinski definition) is 1. The number of amides is 1. The van der Waals surface area contributed by atoms with Crippen molar-refractivity contribution in [3.05, 3.63) is 64.7 Å². The maximum Gasteiger partial charge on any atom is 0.257 e. The third kappa shape index (κ3) is 3.98. The summed E-state index contributed by atoms with van der Waals surface area (Å²) in [6, 6.07) is 15.1. The Balaban J connectivity index is 0.00000196. The predicted molar refractivity (Wildman–Crippen MR) is 105 cm³/mol. The normalized spacial score (nSPS) is 21.2. The van der Waals surface area contributed by atoms with E-state index in [0.29, 0.717) is 34.8 Å². The van der Waals surface area contributed by atoms with E-state index < -0.39 is 0 Å². The number of nitrogens with one attached hydrogen (secondary N) is 1. The number of fused-ring (bicyclic) bond motifs is 1. The van der Waals surface area contributed by atoms with Gasteiger partial charge in [-0.05, 0) is 41.7 Å². The van der Waals surface area contributed by atoms with Crippen LogP contribution >= 0.6 is 24.0 Å². The second-order valence-electron chi connectivity index (χ2n) is 6.80. The fraction of sp³-hybridized carbons (Fsp3) is 0.350. The van der Waals surface area contributed by atoms with Gasteiger partial charge in [-0.2, -0.15) is 0 Å². The van der Waals surface area contributed by atoms with Crippen LogP contribution in [0.15, 0.2) is 48.5 Å². The number of carbonyl (C=O) groups is 1. The number of para-hydroxylation sites is 1. The summed E-state index contributed by atoms with van der Waals surface area (Å²) in [6.45, 7) is 4.12. The first kappa shape index (κ1) is 19.0. The topological polar surface area (TPSA) is 41.6 Å². The number of nitrogens with zero attached hydrogens (tertiary/aromatic N) is 1. The van der Waals surface area contributed by atoms with Gasteiger partial charge in [0.15, 0.2) is 0 Å². The van der Waals surface area contributed by atoms with Crippen molar-refractivity contribution in [2.24, 2.45) is 11.8 Å². The Kier molecular flexibility index (Phi) is 6.07. The Morgan fingerprint density at radius 3 is 2.42 bits per heavy atom. The van der Waals surface area contributed by atoms with Gasteiger partial charge in [-0.1, -0.05) is 35.9 Å². The summed E-state index contributed by atoms with van der Waals surface area (Å²) in [5.74, 6) is 1.89. The highest BCUT2D eigenvalue weighted by Crippen LogP contribution is 2.29. The zero-order valence-corrected chi connectivity index (χ0v) is 15.9. The second-order valence-corrected chi connectivity index (χ2v) is 7.24. The summed E-state index contributed by atoms with van der Waals surface area (Å²) in [6.07, 6.45) is 0. The van der Waals surface area contributed by atoms with Crippen molar-refractivity contribution in [3.8, 4) is 5.75 Å². The molecule has 2 atom stereocenters. The van der Waals surface area contributed by atoms with Crippen molar-refractivity contribution in [1.82, 2.24) is 10.2 Å². The zero-order chi connectivity index (χ0) is 17.2. The van der Waals surface area contributed by atoms with E-state index in [1.54, 1.807) is 0 Å². The molecule has 0 unspecified atom stereocenters. The molecule has 0 saturated carbocycles. The monoisotopic (exact) mass is 392 g/mol. The Labute approximate surface area is 164 Å². The predicted octanol–water partition coefficient (Wildman–Crippen LogP) is 3.63. The lowest BCUT2D eigenvalue weighted by Gasteiger charge is -2.19. The molecule has 26 heavy (non-hydrogen) atoms. The fourth-order valence-corrected chi connectivity index (χ4v) is 3.83. The van der Waals surface area contributed by atoms with E-state index in [9.17, 15) is 4.79 Å². The SMILES string of the molecule is Cl.O=C(c1ccccc1OCc1ccc(Cl)cc1)N1C[C@H]2CNC[C@H]2C1. The molecule has 6 heteroatoms. The molecule has 2 aliphatic rings. The Bertz CT molecular complexity index is 755.